The summed E-state index contributed by atoms with van der Waals surface area (Å²) < 4.78 is 39.2. The fourth-order valence-corrected chi connectivity index (χ4v) is 1.50. The van der Waals surface area contributed by atoms with Crippen LogP contribution in [-0.2, 0) is 0 Å². The third kappa shape index (κ3) is 2.98. The molecule has 0 aromatic heterocycles. The summed E-state index contributed by atoms with van der Waals surface area (Å²) >= 11 is 0. The Morgan fingerprint density at radius 3 is 2.00 bits per heavy atom. The largest absolute Gasteiger partial charge is 0.391 e. The van der Waals surface area contributed by atoms with Crippen LogP contribution in [0, 0.1) is 22.9 Å². The second-order valence-corrected chi connectivity index (χ2v) is 5.12. The van der Waals surface area contributed by atoms with Crippen LogP contribution < -0.4 is 5.73 Å². The van der Waals surface area contributed by atoms with Gasteiger partial charge in [0.25, 0.3) is 0 Å². The molecule has 0 saturated heterocycles. The molecule has 0 bridgehead atoms. The Hall–Kier alpha value is -1.07. The molecule has 5 heteroatoms. The third-order valence-corrected chi connectivity index (χ3v) is 2.63. The molecule has 2 nitrogen and oxygen atoms in total. The van der Waals surface area contributed by atoms with Gasteiger partial charge in [-0.1, -0.05) is 20.8 Å². The van der Waals surface area contributed by atoms with Gasteiger partial charge in [-0.15, -0.1) is 0 Å². The van der Waals surface area contributed by atoms with Crippen molar-refractivity contribution in [1.82, 2.24) is 0 Å². The van der Waals surface area contributed by atoms with E-state index in [9.17, 15) is 18.3 Å². The fourth-order valence-electron chi connectivity index (χ4n) is 1.50. The molecule has 1 rings (SSSR count). The van der Waals surface area contributed by atoms with Gasteiger partial charge < -0.3 is 10.8 Å². The van der Waals surface area contributed by atoms with E-state index in [0.717, 1.165) is 0 Å². The third-order valence-electron chi connectivity index (χ3n) is 2.63. The number of halogens is 3. The van der Waals surface area contributed by atoms with Crippen LogP contribution >= 0.6 is 0 Å². The number of nitrogens with two attached hydrogens (primary N) is 1. The van der Waals surface area contributed by atoms with Gasteiger partial charge in [0.05, 0.1) is 12.1 Å². The van der Waals surface area contributed by atoms with Crippen LogP contribution in [0.4, 0.5) is 13.2 Å². The van der Waals surface area contributed by atoms with Crippen molar-refractivity contribution in [3.63, 3.8) is 0 Å². The van der Waals surface area contributed by atoms with E-state index in [1.807, 2.05) is 0 Å². The molecule has 0 spiro atoms. The van der Waals surface area contributed by atoms with Crippen LogP contribution in [-0.4, -0.2) is 11.2 Å². The summed E-state index contributed by atoms with van der Waals surface area (Å²) in [6.07, 6.45) is -1.07. The molecule has 1 aromatic rings. The topological polar surface area (TPSA) is 46.2 Å². The smallest absolute Gasteiger partial charge is 0.161 e. The van der Waals surface area contributed by atoms with Crippen molar-refractivity contribution < 1.29 is 18.3 Å². The first-order valence-electron chi connectivity index (χ1n) is 5.22. The van der Waals surface area contributed by atoms with Crippen molar-refractivity contribution in [1.29, 1.82) is 0 Å². The Bertz CT molecular complexity index is 415. The van der Waals surface area contributed by atoms with E-state index in [1.165, 1.54) is 0 Å². The molecule has 0 unspecified atom stereocenters. The van der Waals surface area contributed by atoms with Crippen molar-refractivity contribution in [3.05, 3.63) is 35.1 Å². The van der Waals surface area contributed by atoms with Crippen LogP contribution in [0.15, 0.2) is 12.1 Å². The maximum atomic E-state index is 13.4. The average Bonchev–Trinajstić information content (AvgIpc) is 2.20. The zero-order chi connectivity index (χ0) is 13.4. The molecule has 2 atom stereocenters. The molecular formula is C12H16F3NO. The lowest BCUT2D eigenvalue weighted by Crippen LogP contribution is -2.37. The summed E-state index contributed by atoms with van der Waals surface area (Å²) in [5.41, 5.74) is 4.85. The van der Waals surface area contributed by atoms with Crippen molar-refractivity contribution >= 4 is 0 Å². The lowest BCUT2D eigenvalue weighted by Gasteiger charge is -2.31. The fraction of sp³-hybridized carbons (Fsp3) is 0.500. The lowest BCUT2D eigenvalue weighted by atomic mass is 9.82. The molecule has 0 amide bonds. The number of hydrogen-bond donors (Lipinski definition) is 2. The molecule has 0 aliphatic heterocycles. The maximum Gasteiger partial charge on any atom is 0.161 e. The summed E-state index contributed by atoms with van der Waals surface area (Å²) in [7, 11) is 0. The minimum absolute atomic E-state index is 0.230. The van der Waals surface area contributed by atoms with Crippen molar-refractivity contribution in [2.24, 2.45) is 11.1 Å². The number of hydrogen-bond acceptors (Lipinski definition) is 2. The first kappa shape index (κ1) is 14.0. The Balaban J connectivity index is 3.13. The SMILES string of the molecule is CC(C)(C)[C@@H](O)[C@@H](N)c1cc(F)c(F)cc1F. The standard InChI is InChI=1S/C12H16F3NO/c1-12(2,3)11(17)10(16)6-4-8(14)9(15)5-7(6)13/h4-5,10-11,17H,16H2,1-3H3/t10-,11-/m0/s1. The Morgan fingerprint density at radius 1 is 1.06 bits per heavy atom. The van der Waals surface area contributed by atoms with Gasteiger partial charge >= 0.3 is 0 Å². The molecule has 3 N–H and O–H groups in total. The van der Waals surface area contributed by atoms with Gasteiger partial charge in [-0.25, -0.2) is 13.2 Å². The summed E-state index contributed by atoms with van der Waals surface area (Å²) in [5.74, 6) is -3.42. The normalized spacial score (nSPS) is 15.8. The summed E-state index contributed by atoms with van der Waals surface area (Å²) in [5, 5.41) is 9.88. The molecule has 17 heavy (non-hydrogen) atoms. The van der Waals surface area contributed by atoms with Gasteiger partial charge in [0.2, 0.25) is 0 Å². The molecule has 96 valence electrons. The van der Waals surface area contributed by atoms with Crippen LogP contribution in [0.2, 0.25) is 0 Å². The minimum atomic E-state index is -1.27. The number of rotatable bonds is 2. The molecular weight excluding hydrogens is 231 g/mol. The number of benzene rings is 1. The highest BCUT2D eigenvalue weighted by Gasteiger charge is 2.31. The van der Waals surface area contributed by atoms with Crippen LogP contribution in [0.5, 0.6) is 0 Å². The van der Waals surface area contributed by atoms with Gasteiger partial charge in [0.15, 0.2) is 11.6 Å². The van der Waals surface area contributed by atoms with Crippen molar-refractivity contribution in [2.75, 3.05) is 0 Å². The zero-order valence-electron chi connectivity index (χ0n) is 9.97. The van der Waals surface area contributed by atoms with E-state index < -0.39 is 35.0 Å². The Labute approximate surface area is 98.3 Å². The van der Waals surface area contributed by atoms with E-state index in [-0.39, 0.29) is 5.56 Å². The molecule has 0 heterocycles. The van der Waals surface area contributed by atoms with Gasteiger partial charge in [-0.2, -0.15) is 0 Å². The zero-order valence-corrected chi connectivity index (χ0v) is 9.97. The highest BCUT2D eigenvalue weighted by molar-refractivity contribution is 5.24. The quantitative estimate of drug-likeness (QED) is 0.789. The van der Waals surface area contributed by atoms with Crippen molar-refractivity contribution in [3.8, 4) is 0 Å². The van der Waals surface area contributed by atoms with Crippen LogP contribution in [0.3, 0.4) is 0 Å². The number of aliphatic hydroxyl groups excluding tert-OH is 1. The number of aliphatic hydroxyl groups is 1. The molecule has 0 aliphatic rings. The Kier molecular flexibility index (Phi) is 3.84. The first-order chi connectivity index (χ1) is 7.64. The highest BCUT2D eigenvalue weighted by Crippen LogP contribution is 2.30. The summed E-state index contributed by atoms with van der Waals surface area (Å²) in [6, 6.07) is 0.00889. The van der Waals surface area contributed by atoms with Gasteiger partial charge in [-0.3, -0.25) is 0 Å². The highest BCUT2D eigenvalue weighted by atomic mass is 19.2. The molecule has 0 fully saturated rings. The predicted molar refractivity (Wildman–Crippen MR) is 58.7 cm³/mol. The molecule has 1 aromatic carbocycles. The van der Waals surface area contributed by atoms with Gasteiger partial charge in [-0.05, 0) is 11.5 Å². The van der Waals surface area contributed by atoms with Crippen LogP contribution in [0.25, 0.3) is 0 Å². The van der Waals surface area contributed by atoms with Crippen LogP contribution in [0.1, 0.15) is 32.4 Å². The van der Waals surface area contributed by atoms with Gasteiger partial charge in [0, 0.05) is 11.6 Å². The van der Waals surface area contributed by atoms with E-state index in [1.54, 1.807) is 20.8 Å². The van der Waals surface area contributed by atoms with Crippen molar-refractivity contribution in [2.45, 2.75) is 32.9 Å². The maximum absolute atomic E-state index is 13.4. The average molecular weight is 247 g/mol. The van der Waals surface area contributed by atoms with Gasteiger partial charge in [0.1, 0.15) is 5.82 Å². The molecule has 0 aliphatic carbocycles. The first-order valence-corrected chi connectivity index (χ1v) is 5.22. The Morgan fingerprint density at radius 2 is 1.53 bits per heavy atom. The van der Waals surface area contributed by atoms with E-state index in [2.05, 4.69) is 0 Å². The monoisotopic (exact) mass is 247 g/mol. The second-order valence-electron chi connectivity index (χ2n) is 5.12. The minimum Gasteiger partial charge on any atom is -0.391 e. The predicted octanol–water partition coefficient (Wildman–Crippen LogP) is 2.51. The van der Waals surface area contributed by atoms with E-state index in [0.29, 0.717) is 12.1 Å². The summed E-state index contributed by atoms with van der Waals surface area (Å²) in [4.78, 5) is 0. The molecule has 0 radical (unpaired) electrons. The lowest BCUT2D eigenvalue weighted by molar-refractivity contribution is 0.0390. The summed E-state index contributed by atoms with van der Waals surface area (Å²) in [6.45, 7) is 5.15. The van der Waals surface area contributed by atoms with E-state index >= 15 is 0 Å². The second kappa shape index (κ2) is 4.66. The molecule has 0 saturated carbocycles. The van der Waals surface area contributed by atoms with E-state index in [4.69, 9.17) is 5.73 Å².